The Labute approximate surface area is 276 Å². The Morgan fingerprint density at radius 1 is 0.870 bits per heavy atom. The van der Waals surface area contributed by atoms with Crippen molar-refractivity contribution in [2.75, 3.05) is 25.6 Å². The number of nitrogens with zero attached hydrogens (tertiary/aromatic N) is 2. The SMILES string of the molecule is CCCCCCCCCCCCOC(=O)c1ccc(Cl)c(NC(=O)C(C(=O)c2ccc(C)cc2)N2C(=O)C(OCC)N(C)C2=O)c1. The van der Waals surface area contributed by atoms with Crippen molar-refractivity contribution in [3.05, 3.63) is 64.2 Å². The largest absolute Gasteiger partial charge is 0.462 e. The van der Waals surface area contributed by atoms with Crippen LogP contribution in [0.15, 0.2) is 42.5 Å². The molecule has 2 aromatic carbocycles. The first-order chi connectivity index (χ1) is 22.1. The van der Waals surface area contributed by atoms with E-state index in [1.807, 2.05) is 6.92 Å². The minimum Gasteiger partial charge on any atom is -0.462 e. The maximum Gasteiger partial charge on any atom is 0.338 e. The smallest absolute Gasteiger partial charge is 0.338 e. The number of rotatable bonds is 19. The Bertz CT molecular complexity index is 1360. The summed E-state index contributed by atoms with van der Waals surface area (Å²) in [6.45, 7) is 6.10. The molecule has 1 N–H and O–H groups in total. The van der Waals surface area contributed by atoms with Crippen molar-refractivity contribution < 1.29 is 33.4 Å². The maximum atomic E-state index is 13.7. The second-order valence-corrected chi connectivity index (χ2v) is 12.0. The number of hydrogen-bond acceptors (Lipinski definition) is 7. The van der Waals surface area contributed by atoms with Crippen molar-refractivity contribution in [3.63, 3.8) is 0 Å². The lowest BCUT2D eigenvalue weighted by atomic mass is 10.0. The molecule has 11 heteroatoms. The van der Waals surface area contributed by atoms with Crippen LogP contribution >= 0.6 is 11.6 Å². The normalized spacial score (nSPS) is 15.3. The Hall–Kier alpha value is -3.76. The molecule has 2 aromatic rings. The van der Waals surface area contributed by atoms with Crippen molar-refractivity contribution in [3.8, 4) is 0 Å². The van der Waals surface area contributed by atoms with E-state index in [1.165, 1.54) is 82.3 Å². The molecule has 0 bridgehead atoms. The molecular formula is C35H46ClN3O7. The molecule has 1 aliphatic heterocycles. The fourth-order valence-electron chi connectivity index (χ4n) is 5.24. The van der Waals surface area contributed by atoms with Crippen LogP contribution in [0.4, 0.5) is 10.5 Å². The number of anilines is 1. The number of likely N-dealkylation sites (N-methyl/N-ethyl adjacent to an activating group) is 1. The molecule has 250 valence electrons. The number of carbonyl (C=O) groups excluding carboxylic acids is 5. The van der Waals surface area contributed by atoms with Crippen molar-refractivity contribution in [2.24, 2.45) is 0 Å². The van der Waals surface area contributed by atoms with Gasteiger partial charge in [-0.2, -0.15) is 0 Å². The number of amides is 4. The number of hydrogen-bond donors (Lipinski definition) is 1. The zero-order chi connectivity index (χ0) is 33.6. The molecule has 1 saturated heterocycles. The molecule has 4 amide bonds. The Balaban J connectivity index is 1.68. The minimum atomic E-state index is -1.86. The first-order valence-electron chi connectivity index (χ1n) is 16.2. The van der Waals surface area contributed by atoms with Crippen LogP contribution in [0.25, 0.3) is 0 Å². The van der Waals surface area contributed by atoms with Crippen LogP contribution in [-0.4, -0.2) is 71.9 Å². The number of esters is 1. The molecule has 2 unspecified atom stereocenters. The lowest BCUT2D eigenvalue weighted by Gasteiger charge is -2.24. The van der Waals surface area contributed by atoms with Gasteiger partial charge in [0, 0.05) is 19.2 Å². The van der Waals surface area contributed by atoms with Gasteiger partial charge in [-0.3, -0.25) is 19.3 Å². The predicted molar refractivity (Wildman–Crippen MR) is 177 cm³/mol. The number of nitrogens with one attached hydrogen (secondary N) is 1. The summed E-state index contributed by atoms with van der Waals surface area (Å²) in [5.41, 5.74) is 1.18. The monoisotopic (exact) mass is 655 g/mol. The maximum absolute atomic E-state index is 13.7. The van der Waals surface area contributed by atoms with Crippen molar-refractivity contribution >= 4 is 46.9 Å². The zero-order valence-corrected chi connectivity index (χ0v) is 28.1. The average molecular weight is 656 g/mol. The highest BCUT2D eigenvalue weighted by Crippen LogP contribution is 2.27. The molecular weight excluding hydrogens is 610 g/mol. The number of ether oxygens (including phenoxy) is 2. The van der Waals surface area contributed by atoms with Crippen LogP contribution in [0.3, 0.4) is 0 Å². The zero-order valence-electron chi connectivity index (χ0n) is 27.3. The number of imide groups is 1. The number of urea groups is 1. The number of halogens is 1. The van der Waals surface area contributed by atoms with Crippen LogP contribution in [0, 0.1) is 6.92 Å². The lowest BCUT2D eigenvalue weighted by molar-refractivity contribution is -0.143. The summed E-state index contributed by atoms with van der Waals surface area (Å²) in [5, 5.41) is 2.64. The van der Waals surface area contributed by atoms with Crippen LogP contribution in [0.5, 0.6) is 0 Å². The molecule has 1 fully saturated rings. The number of aryl methyl sites for hydroxylation is 1. The van der Waals surface area contributed by atoms with Crippen molar-refractivity contribution in [2.45, 2.75) is 97.2 Å². The van der Waals surface area contributed by atoms with Gasteiger partial charge in [-0.05, 0) is 38.5 Å². The van der Waals surface area contributed by atoms with E-state index >= 15 is 0 Å². The predicted octanol–water partition coefficient (Wildman–Crippen LogP) is 7.17. The molecule has 1 heterocycles. The molecule has 10 nitrogen and oxygen atoms in total. The van der Waals surface area contributed by atoms with Gasteiger partial charge in [-0.1, -0.05) is 106 Å². The van der Waals surface area contributed by atoms with E-state index in [0.717, 1.165) is 29.7 Å². The average Bonchev–Trinajstić information content (AvgIpc) is 3.24. The van der Waals surface area contributed by atoms with Crippen LogP contribution < -0.4 is 5.32 Å². The molecule has 46 heavy (non-hydrogen) atoms. The fourth-order valence-corrected chi connectivity index (χ4v) is 5.41. The van der Waals surface area contributed by atoms with Crippen LogP contribution in [0.2, 0.25) is 5.02 Å². The first-order valence-corrected chi connectivity index (χ1v) is 16.6. The fraction of sp³-hybridized carbons (Fsp3) is 0.514. The number of unbranched alkanes of at least 4 members (excludes halogenated alkanes) is 9. The standard InChI is InChI=1S/C35H46ClN3O7/c1-5-7-8-9-10-11-12-13-14-15-22-46-34(43)26-20-21-27(36)28(23-26)37-31(41)29(30(40)25-18-16-24(3)17-19-25)39-32(42)33(45-6-2)38(4)35(39)44/h16-21,23,29,33H,5-15,22H2,1-4H3,(H,37,41). The molecule has 0 aliphatic carbocycles. The molecule has 2 atom stereocenters. The molecule has 0 spiro atoms. The quantitative estimate of drug-likeness (QED) is 0.0559. The van der Waals surface area contributed by atoms with Gasteiger partial charge < -0.3 is 14.8 Å². The van der Waals surface area contributed by atoms with Gasteiger partial charge in [0.25, 0.3) is 11.8 Å². The van der Waals surface area contributed by atoms with E-state index < -0.39 is 41.9 Å². The van der Waals surface area contributed by atoms with Gasteiger partial charge in [0.2, 0.25) is 6.23 Å². The third-order valence-electron chi connectivity index (χ3n) is 7.91. The molecule has 0 radical (unpaired) electrons. The van der Waals surface area contributed by atoms with Crippen LogP contribution in [0.1, 0.15) is 104 Å². The van der Waals surface area contributed by atoms with Crippen LogP contribution in [-0.2, 0) is 19.1 Å². The number of benzene rings is 2. The Morgan fingerprint density at radius 2 is 1.46 bits per heavy atom. The summed E-state index contributed by atoms with van der Waals surface area (Å²) in [4.78, 5) is 68.3. The lowest BCUT2D eigenvalue weighted by Crippen LogP contribution is -2.52. The number of ketones is 1. The minimum absolute atomic E-state index is 0.0237. The summed E-state index contributed by atoms with van der Waals surface area (Å²) in [6.07, 6.45) is 10.3. The summed E-state index contributed by atoms with van der Waals surface area (Å²) < 4.78 is 10.9. The molecule has 0 aromatic heterocycles. The van der Waals surface area contributed by atoms with Gasteiger partial charge in [-0.15, -0.1) is 0 Å². The van der Waals surface area contributed by atoms with E-state index in [1.54, 1.807) is 19.1 Å². The van der Waals surface area contributed by atoms with E-state index in [4.69, 9.17) is 21.1 Å². The summed E-state index contributed by atoms with van der Waals surface area (Å²) >= 11 is 6.36. The second kappa shape index (κ2) is 18.4. The third-order valence-corrected chi connectivity index (χ3v) is 8.24. The Morgan fingerprint density at radius 3 is 2.07 bits per heavy atom. The van der Waals surface area contributed by atoms with E-state index in [9.17, 15) is 24.0 Å². The van der Waals surface area contributed by atoms with Gasteiger partial charge in [0.05, 0.1) is 22.9 Å². The van der Waals surface area contributed by atoms with Crippen molar-refractivity contribution in [1.29, 1.82) is 0 Å². The Kier molecular flexibility index (Phi) is 14.7. The van der Waals surface area contributed by atoms with Gasteiger partial charge >= 0.3 is 12.0 Å². The highest BCUT2D eigenvalue weighted by atomic mass is 35.5. The number of Topliss-reactive ketones (excluding diaryl/α,β-unsaturated/α-hetero) is 1. The van der Waals surface area contributed by atoms with Gasteiger partial charge in [0.15, 0.2) is 11.8 Å². The molecule has 0 saturated carbocycles. The highest BCUT2D eigenvalue weighted by molar-refractivity contribution is 6.34. The second-order valence-electron chi connectivity index (χ2n) is 11.5. The summed E-state index contributed by atoms with van der Waals surface area (Å²) in [5.74, 6) is -3.17. The van der Waals surface area contributed by atoms with Gasteiger partial charge in [0.1, 0.15) is 0 Å². The molecule has 1 aliphatic rings. The first kappa shape index (κ1) is 36.7. The van der Waals surface area contributed by atoms with E-state index in [0.29, 0.717) is 4.90 Å². The van der Waals surface area contributed by atoms with Gasteiger partial charge in [-0.25, -0.2) is 14.5 Å². The summed E-state index contributed by atoms with van der Waals surface area (Å²) in [7, 11) is 1.35. The third kappa shape index (κ3) is 9.87. The molecule has 3 rings (SSSR count). The summed E-state index contributed by atoms with van der Waals surface area (Å²) in [6, 6.07) is 7.93. The van der Waals surface area contributed by atoms with E-state index in [-0.39, 0.29) is 35.1 Å². The van der Waals surface area contributed by atoms with E-state index in [2.05, 4.69) is 12.2 Å². The van der Waals surface area contributed by atoms with Crippen molar-refractivity contribution in [1.82, 2.24) is 9.80 Å². The highest BCUT2D eigenvalue weighted by Gasteiger charge is 2.51. The number of carbonyl (C=O) groups is 5. The topological polar surface area (TPSA) is 122 Å².